The molecule has 15 heavy (non-hydrogen) atoms. The van der Waals surface area contributed by atoms with E-state index in [1.54, 1.807) is 12.3 Å². The summed E-state index contributed by atoms with van der Waals surface area (Å²) in [5, 5.41) is 0. The van der Waals surface area contributed by atoms with Crippen molar-refractivity contribution < 1.29 is 8.42 Å². The van der Waals surface area contributed by atoms with Crippen molar-refractivity contribution in [2.24, 2.45) is 0 Å². The molecule has 1 aromatic heterocycles. The zero-order chi connectivity index (χ0) is 10.9. The van der Waals surface area contributed by atoms with Crippen LogP contribution in [0.2, 0.25) is 0 Å². The summed E-state index contributed by atoms with van der Waals surface area (Å²) >= 11 is 0. The van der Waals surface area contributed by atoms with Gasteiger partial charge >= 0.3 is 0 Å². The quantitative estimate of drug-likeness (QED) is 0.725. The van der Waals surface area contributed by atoms with Crippen molar-refractivity contribution in [3.05, 3.63) is 18.3 Å². The minimum atomic E-state index is -2.82. The first-order valence-corrected chi connectivity index (χ1v) is 6.56. The molecule has 5 nitrogen and oxygen atoms in total. The molecule has 0 saturated carbocycles. The van der Waals surface area contributed by atoms with Crippen LogP contribution in [0.25, 0.3) is 0 Å². The summed E-state index contributed by atoms with van der Waals surface area (Å²) in [6.07, 6.45) is 1.63. The van der Waals surface area contributed by atoms with Crippen molar-refractivity contribution in [1.29, 1.82) is 0 Å². The summed E-state index contributed by atoms with van der Waals surface area (Å²) in [5.74, 6) is 0.894. The number of nitrogen functional groups attached to an aromatic ring is 1. The molecule has 0 amide bonds. The molecule has 0 unspecified atom stereocenters. The monoisotopic (exact) mass is 227 g/mol. The third-order valence-corrected chi connectivity index (χ3v) is 4.08. The number of nitrogens with zero attached hydrogens (tertiary/aromatic N) is 2. The average molecular weight is 227 g/mol. The van der Waals surface area contributed by atoms with Crippen molar-refractivity contribution >= 4 is 21.3 Å². The topological polar surface area (TPSA) is 76.3 Å². The lowest BCUT2D eigenvalue weighted by molar-refractivity contribution is 0.587. The van der Waals surface area contributed by atoms with Crippen LogP contribution in [0, 0.1) is 0 Å². The first-order valence-electron chi connectivity index (χ1n) is 4.74. The third kappa shape index (κ3) is 2.38. The van der Waals surface area contributed by atoms with E-state index < -0.39 is 9.84 Å². The van der Waals surface area contributed by atoms with Crippen molar-refractivity contribution in [3.8, 4) is 0 Å². The van der Waals surface area contributed by atoms with E-state index in [4.69, 9.17) is 5.73 Å². The summed E-state index contributed by atoms with van der Waals surface area (Å²) < 4.78 is 22.5. The Bertz CT molecular complexity index is 444. The fourth-order valence-corrected chi connectivity index (χ4v) is 2.81. The molecule has 1 aliphatic rings. The van der Waals surface area contributed by atoms with Crippen molar-refractivity contribution in [3.63, 3.8) is 0 Å². The zero-order valence-electron chi connectivity index (χ0n) is 8.26. The predicted octanol–water partition coefficient (Wildman–Crippen LogP) is -0.101. The van der Waals surface area contributed by atoms with Gasteiger partial charge in [-0.2, -0.15) is 0 Å². The van der Waals surface area contributed by atoms with Gasteiger partial charge in [0.15, 0.2) is 9.84 Å². The molecule has 6 heteroatoms. The van der Waals surface area contributed by atoms with Crippen molar-refractivity contribution in [2.45, 2.75) is 0 Å². The molecule has 82 valence electrons. The zero-order valence-corrected chi connectivity index (χ0v) is 9.07. The number of rotatable bonds is 1. The summed E-state index contributed by atoms with van der Waals surface area (Å²) in [5.41, 5.74) is 6.50. The molecule has 2 rings (SSSR count). The lowest BCUT2D eigenvalue weighted by atomic mass is 10.3. The maximum atomic E-state index is 11.2. The highest BCUT2D eigenvalue weighted by Gasteiger charge is 2.21. The lowest BCUT2D eigenvalue weighted by Gasteiger charge is -2.28. The van der Waals surface area contributed by atoms with Crippen LogP contribution in [0.1, 0.15) is 0 Å². The molecule has 1 aromatic rings. The molecule has 0 bridgehead atoms. The van der Waals surface area contributed by atoms with Gasteiger partial charge in [0.2, 0.25) is 0 Å². The standard InChI is InChI=1S/C9H13N3O2S/c10-9-7-8(1-2-11-9)12-3-5-15(13,14)6-4-12/h1-2,7H,3-6H2,(H2,10,11). The lowest BCUT2D eigenvalue weighted by Crippen LogP contribution is -2.40. The molecule has 2 N–H and O–H groups in total. The Kier molecular flexibility index (Phi) is 2.52. The predicted molar refractivity (Wildman–Crippen MR) is 59.5 cm³/mol. The second-order valence-corrected chi connectivity index (χ2v) is 5.88. The van der Waals surface area contributed by atoms with Crippen molar-refractivity contribution in [2.75, 3.05) is 35.2 Å². The molecule has 1 aliphatic heterocycles. The molecular weight excluding hydrogens is 214 g/mol. The number of sulfone groups is 1. The van der Waals surface area contributed by atoms with Crippen LogP contribution in [-0.2, 0) is 9.84 Å². The SMILES string of the molecule is Nc1cc(N2CCS(=O)(=O)CC2)ccn1. The Balaban J connectivity index is 2.14. The number of hydrogen-bond donors (Lipinski definition) is 1. The number of pyridine rings is 1. The highest BCUT2D eigenvalue weighted by Crippen LogP contribution is 2.17. The highest BCUT2D eigenvalue weighted by molar-refractivity contribution is 7.91. The minimum absolute atomic E-state index is 0.217. The van der Waals surface area contributed by atoms with Gasteiger partial charge in [-0.25, -0.2) is 13.4 Å². The fraction of sp³-hybridized carbons (Fsp3) is 0.444. The van der Waals surface area contributed by atoms with Gasteiger partial charge < -0.3 is 10.6 Å². The number of anilines is 2. The second kappa shape index (κ2) is 3.69. The minimum Gasteiger partial charge on any atom is -0.384 e. The van der Waals surface area contributed by atoms with E-state index >= 15 is 0 Å². The summed E-state index contributed by atoms with van der Waals surface area (Å²) in [6.45, 7) is 1.07. The number of nitrogens with two attached hydrogens (primary N) is 1. The first kappa shape index (κ1) is 10.2. The van der Waals surface area contributed by atoms with Gasteiger partial charge in [-0.1, -0.05) is 0 Å². The van der Waals surface area contributed by atoms with E-state index in [9.17, 15) is 8.42 Å². The maximum Gasteiger partial charge on any atom is 0.153 e. The van der Waals surface area contributed by atoms with Crippen LogP contribution in [0.15, 0.2) is 18.3 Å². The molecule has 2 heterocycles. The summed E-state index contributed by atoms with van der Waals surface area (Å²) in [7, 11) is -2.82. The first-order chi connectivity index (χ1) is 7.07. The highest BCUT2D eigenvalue weighted by atomic mass is 32.2. The van der Waals surface area contributed by atoms with Gasteiger partial charge in [-0.3, -0.25) is 0 Å². The molecule has 1 fully saturated rings. The van der Waals surface area contributed by atoms with Crippen LogP contribution in [-0.4, -0.2) is 38.0 Å². The van der Waals surface area contributed by atoms with Crippen LogP contribution in [0.5, 0.6) is 0 Å². The van der Waals surface area contributed by atoms with E-state index in [0.29, 0.717) is 18.9 Å². The van der Waals surface area contributed by atoms with Gasteiger partial charge in [0.1, 0.15) is 5.82 Å². The maximum absolute atomic E-state index is 11.2. The Morgan fingerprint density at radius 2 is 2.00 bits per heavy atom. The van der Waals surface area contributed by atoms with Gasteiger partial charge in [0.05, 0.1) is 11.5 Å². The van der Waals surface area contributed by atoms with Gasteiger partial charge in [0, 0.05) is 31.0 Å². The normalized spacial score (nSPS) is 20.1. The molecule has 0 radical (unpaired) electrons. The van der Waals surface area contributed by atoms with Crippen LogP contribution < -0.4 is 10.6 Å². The van der Waals surface area contributed by atoms with Crippen LogP contribution in [0.3, 0.4) is 0 Å². The summed E-state index contributed by atoms with van der Waals surface area (Å²) in [6, 6.07) is 3.60. The molecule has 0 aliphatic carbocycles. The number of hydrogen-bond acceptors (Lipinski definition) is 5. The smallest absolute Gasteiger partial charge is 0.153 e. The van der Waals surface area contributed by atoms with Gasteiger partial charge in [-0.15, -0.1) is 0 Å². The second-order valence-electron chi connectivity index (χ2n) is 3.58. The largest absolute Gasteiger partial charge is 0.384 e. The summed E-state index contributed by atoms with van der Waals surface area (Å²) in [4.78, 5) is 5.91. The fourth-order valence-electron chi connectivity index (χ4n) is 1.60. The number of aromatic nitrogens is 1. The Morgan fingerprint density at radius 3 is 2.60 bits per heavy atom. The Morgan fingerprint density at radius 1 is 1.33 bits per heavy atom. The Labute approximate surface area is 88.8 Å². The van der Waals surface area contributed by atoms with E-state index in [2.05, 4.69) is 4.98 Å². The van der Waals surface area contributed by atoms with Crippen molar-refractivity contribution in [1.82, 2.24) is 4.98 Å². The van der Waals surface area contributed by atoms with E-state index in [-0.39, 0.29) is 11.5 Å². The van der Waals surface area contributed by atoms with Crippen LogP contribution >= 0.6 is 0 Å². The third-order valence-electron chi connectivity index (χ3n) is 2.47. The van der Waals surface area contributed by atoms with Gasteiger partial charge in [0.25, 0.3) is 0 Å². The molecule has 0 spiro atoms. The average Bonchev–Trinajstić information content (AvgIpc) is 2.17. The van der Waals surface area contributed by atoms with Crippen LogP contribution in [0.4, 0.5) is 11.5 Å². The van der Waals surface area contributed by atoms with E-state index in [1.807, 2.05) is 11.0 Å². The van der Waals surface area contributed by atoms with Gasteiger partial charge in [-0.05, 0) is 6.07 Å². The molecule has 0 atom stereocenters. The molecular formula is C9H13N3O2S. The van der Waals surface area contributed by atoms with E-state index in [0.717, 1.165) is 5.69 Å². The molecule has 0 aromatic carbocycles. The van der Waals surface area contributed by atoms with E-state index in [1.165, 1.54) is 0 Å². The Hall–Kier alpha value is -1.30. The molecule has 1 saturated heterocycles.